The Kier molecular flexibility index (Phi) is 6.23. The second-order valence-electron chi connectivity index (χ2n) is 5.47. The number of benzene rings is 1. The maximum absolute atomic E-state index is 12.3. The molecule has 2 atom stereocenters. The van der Waals surface area contributed by atoms with Crippen LogP contribution in [0.25, 0.3) is 0 Å². The number of methoxy groups -OCH3 is 1. The molecule has 0 aromatic heterocycles. The highest BCUT2D eigenvalue weighted by molar-refractivity contribution is 7.87. The van der Waals surface area contributed by atoms with E-state index in [1.54, 1.807) is 19.2 Å². The summed E-state index contributed by atoms with van der Waals surface area (Å²) >= 11 is 0. The molecule has 130 valence electrons. The molecule has 1 aromatic rings. The lowest BCUT2D eigenvalue weighted by molar-refractivity contribution is -0.0444. The second kappa shape index (κ2) is 7.96. The van der Waals surface area contributed by atoms with Gasteiger partial charge in [-0.15, -0.1) is 0 Å². The molecule has 2 rings (SSSR count). The van der Waals surface area contributed by atoms with Crippen molar-refractivity contribution in [1.82, 2.24) is 9.03 Å². The van der Waals surface area contributed by atoms with Gasteiger partial charge < -0.3 is 14.2 Å². The van der Waals surface area contributed by atoms with Crippen LogP contribution in [0.15, 0.2) is 24.3 Å². The molecule has 7 nitrogen and oxygen atoms in total. The number of hydrogen-bond donors (Lipinski definition) is 1. The summed E-state index contributed by atoms with van der Waals surface area (Å²) in [6.07, 6.45) is -0.222. The monoisotopic (exact) mass is 344 g/mol. The maximum Gasteiger partial charge on any atom is 0.279 e. The average molecular weight is 344 g/mol. The Morgan fingerprint density at radius 3 is 2.43 bits per heavy atom. The summed E-state index contributed by atoms with van der Waals surface area (Å²) in [5.41, 5.74) is 0. The van der Waals surface area contributed by atoms with Crippen molar-refractivity contribution in [3.63, 3.8) is 0 Å². The molecule has 0 spiro atoms. The number of nitrogens with zero attached hydrogens (tertiary/aromatic N) is 1. The Morgan fingerprint density at radius 2 is 1.83 bits per heavy atom. The summed E-state index contributed by atoms with van der Waals surface area (Å²) < 4.78 is 44.8. The molecule has 0 bridgehead atoms. The van der Waals surface area contributed by atoms with E-state index in [0.29, 0.717) is 24.6 Å². The largest absolute Gasteiger partial charge is 0.493 e. The third-order valence-corrected chi connectivity index (χ3v) is 4.99. The number of nitrogens with one attached hydrogen (secondary N) is 1. The number of ether oxygens (including phenoxy) is 3. The normalized spacial score (nSPS) is 22.7. The van der Waals surface area contributed by atoms with E-state index in [0.717, 1.165) is 0 Å². The van der Waals surface area contributed by atoms with Crippen molar-refractivity contribution in [3.05, 3.63) is 24.3 Å². The van der Waals surface area contributed by atoms with Gasteiger partial charge in [-0.25, -0.2) is 0 Å². The van der Waals surface area contributed by atoms with Crippen LogP contribution in [0.1, 0.15) is 13.8 Å². The topological polar surface area (TPSA) is 77.1 Å². The first kappa shape index (κ1) is 18.0. The van der Waals surface area contributed by atoms with Gasteiger partial charge in [0.2, 0.25) is 0 Å². The molecule has 0 amide bonds. The predicted octanol–water partition coefficient (Wildman–Crippen LogP) is 1.02. The van der Waals surface area contributed by atoms with Crippen LogP contribution in [-0.4, -0.2) is 58.3 Å². The Bertz CT molecular complexity index is 598. The van der Waals surface area contributed by atoms with Gasteiger partial charge in [-0.3, -0.25) is 0 Å². The number of morpholine rings is 1. The molecule has 8 heteroatoms. The predicted molar refractivity (Wildman–Crippen MR) is 87.0 cm³/mol. The summed E-state index contributed by atoms with van der Waals surface area (Å²) in [5, 5.41) is 0. The molecule has 1 saturated heterocycles. The van der Waals surface area contributed by atoms with Crippen molar-refractivity contribution in [3.8, 4) is 11.5 Å². The first-order chi connectivity index (χ1) is 10.9. The van der Waals surface area contributed by atoms with Crippen molar-refractivity contribution < 1.29 is 22.6 Å². The van der Waals surface area contributed by atoms with Gasteiger partial charge in [-0.05, 0) is 26.0 Å². The van der Waals surface area contributed by atoms with E-state index in [1.165, 1.54) is 4.31 Å². The van der Waals surface area contributed by atoms with Crippen LogP contribution in [0.4, 0.5) is 0 Å². The van der Waals surface area contributed by atoms with Gasteiger partial charge in [0.25, 0.3) is 10.2 Å². The molecule has 0 radical (unpaired) electrons. The molecule has 1 aliphatic heterocycles. The van der Waals surface area contributed by atoms with Crippen LogP contribution in [0, 0.1) is 0 Å². The third kappa shape index (κ3) is 5.07. The average Bonchev–Trinajstić information content (AvgIpc) is 2.51. The summed E-state index contributed by atoms with van der Waals surface area (Å²) in [6, 6.07) is 7.24. The molecule has 0 aliphatic carbocycles. The highest BCUT2D eigenvalue weighted by Crippen LogP contribution is 2.25. The van der Waals surface area contributed by atoms with Crippen molar-refractivity contribution in [1.29, 1.82) is 0 Å². The minimum Gasteiger partial charge on any atom is -0.493 e. The Balaban J connectivity index is 1.83. The van der Waals surface area contributed by atoms with Crippen LogP contribution in [-0.2, 0) is 14.9 Å². The zero-order valence-corrected chi connectivity index (χ0v) is 14.5. The molecular formula is C15H24N2O5S. The van der Waals surface area contributed by atoms with E-state index in [2.05, 4.69) is 4.72 Å². The van der Waals surface area contributed by atoms with Gasteiger partial charge in [0, 0.05) is 19.6 Å². The van der Waals surface area contributed by atoms with Crippen molar-refractivity contribution >= 4 is 10.2 Å². The van der Waals surface area contributed by atoms with Crippen LogP contribution in [0.3, 0.4) is 0 Å². The number of para-hydroxylation sites is 2. The molecule has 1 fully saturated rings. The van der Waals surface area contributed by atoms with Crippen LogP contribution < -0.4 is 14.2 Å². The van der Waals surface area contributed by atoms with Gasteiger partial charge in [-0.1, -0.05) is 12.1 Å². The zero-order valence-electron chi connectivity index (χ0n) is 13.7. The van der Waals surface area contributed by atoms with E-state index in [1.807, 2.05) is 26.0 Å². The fourth-order valence-corrected chi connectivity index (χ4v) is 3.82. The number of hydrogen-bond acceptors (Lipinski definition) is 5. The minimum absolute atomic E-state index is 0.111. The highest BCUT2D eigenvalue weighted by Gasteiger charge is 2.30. The molecule has 1 heterocycles. The molecule has 1 aromatic carbocycles. The quantitative estimate of drug-likeness (QED) is 0.747. The van der Waals surface area contributed by atoms with E-state index in [9.17, 15) is 8.42 Å². The standard InChI is InChI=1S/C15H24N2O5S/c1-12-10-17(11-13(2)22-12)23(18,19)16-8-9-21-15-7-5-4-6-14(15)20-3/h4-7,12-13,16H,8-11H2,1-3H3/t12-,13-/m0/s1. The summed E-state index contributed by atoms with van der Waals surface area (Å²) in [6.45, 7) is 4.83. The first-order valence-corrected chi connectivity index (χ1v) is 9.02. The summed E-state index contributed by atoms with van der Waals surface area (Å²) in [4.78, 5) is 0. The summed E-state index contributed by atoms with van der Waals surface area (Å²) in [7, 11) is -1.97. The molecule has 23 heavy (non-hydrogen) atoms. The molecule has 1 N–H and O–H groups in total. The molecule has 0 unspecified atom stereocenters. The lowest BCUT2D eigenvalue weighted by Crippen LogP contribution is -2.52. The van der Waals surface area contributed by atoms with E-state index in [-0.39, 0.29) is 25.4 Å². The van der Waals surface area contributed by atoms with E-state index >= 15 is 0 Å². The second-order valence-corrected chi connectivity index (χ2v) is 7.23. The Labute approximate surface area is 137 Å². The molecule has 1 aliphatic rings. The highest BCUT2D eigenvalue weighted by atomic mass is 32.2. The smallest absolute Gasteiger partial charge is 0.279 e. The maximum atomic E-state index is 12.3. The minimum atomic E-state index is -3.53. The first-order valence-electron chi connectivity index (χ1n) is 7.58. The van der Waals surface area contributed by atoms with Crippen molar-refractivity contribution in [2.24, 2.45) is 0 Å². The van der Waals surface area contributed by atoms with E-state index < -0.39 is 10.2 Å². The Morgan fingerprint density at radius 1 is 1.22 bits per heavy atom. The Hall–Kier alpha value is -1.35. The number of rotatable bonds is 7. The fourth-order valence-electron chi connectivity index (χ4n) is 2.49. The van der Waals surface area contributed by atoms with Crippen LogP contribution in [0.5, 0.6) is 11.5 Å². The van der Waals surface area contributed by atoms with Crippen LogP contribution >= 0.6 is 0 Å². The lowest BCUT2D eigenvalue weighted by atomic mass is 10.3. The van der Waals surface area contributed by atoms with Crippen LogP contribution in [0.2, 0.25) is 0 Å². The van der Waals surface area contributed by atoms with Crippen molar-refractivity contribution in [2.45, 2.75) is 26.1 Å². The van der Waals surface area contributed by atoms with Gasteiger partial charge in [0.1, 0.15) is 6.61 Å². The molecule has 0 saturated carbocycles. The zero-order chi connectivity index (χ0) is 16.9. The SMILES string of the molecule is COc1ccccc1OCCNS(=O)(=O)N1C[C@H](C)O[C@@H](C)C1. The van der Waals surface area contributed by atoms with Crippen molar-refractivity contribution in [2.75, 3.05) is 33.4 Å². The van der Waals surface area contributed by atoms with Gasteiger partial charge >= 0.3 is 0 Å². The fraction of sp³-hybridized carbons (Fsp3) is 0.600. The van der Waals surface area contributed by atoms with Gasteiger partial charge in [-0.2, -0.15) is 17.4 Å². The van der Waals surface area contributed by atoms with E-state index in [4.69, 9.17) is 14.2 Å². The molecular weight excluding hydrogens is 320 g/mol. The lowest BCUT2D eigenvalue weighted by Gasteiger charge is -2.34. The summed E-state index contributed by atoms with van der Waals surface area (Å²) in [5.74, 6) is 1.20. The third-order valence-electron chi connectivity index (χ3n) is 3.44. The van der Waals surface area contributed by atoms with Gasteiger partial charge in [0.15, 0.2) is 11.5 Å². The van der Waals surface area contributed by atoms with Gasteiger partial charge in [0.05, 0.1) is 19.3 Å².